The third-order valence-electron chi connectivity index (χ3n) is 3.28. The maximum atomic E-state index is 12.5. The van der Waals surface area contributed by atoms with Gasteiger partial charge in [0.1, 0.15) is 0 Å². The van der Waals surface area contributed by atoms with Crippen molar-refractivity contribution >= 4 is 33.3 Å². The van der Waals surface area contributed by atoms with Gasteiger partial charge in [0, 0.05) is 24.8 Å². The van der Waals surface area contributed by atoms with E-state index in [2.05, 4.69) is 15.1 Å². The van der Waals surface area contributed by atoms with Gasteiger partial charge in [0.2, 0.25) is 5.96 Å². The topological polar surface area (TPSA) is 73.8 Å². The number of benzene rings is 2. The fraction of sp³-hybridized carbons (Fsp3) is 0.188. The molecule has 0 amide bonds. The molecule has 2 aromatic carbocycles. The van der Waals surface area contributed by atoms with Crippen LogP contribution in [0.1, 0.15) is 5.56 Å². The lowest BCUT2D eigenvalue weighted by molar-refractivity contribution is 0.408. The summed E-state index contributed by atoms with van der Waals surface area (Å²) in [6, 6.07) is 13.4. The van der Waals surface area contributed by atoms with Crippen LogP contribution in [0.15, 0.2) is 57.8 Å². The summed E-state index contributed by atoms with van der Waals surface area (Å²) in [5.41, 5.74) is 4.47. The van der Waals surface area contributed by atoms with Crippen molar-refractivity contribution in [3.8, 4) is 0 Å². The molecule has 0 bridgehead atoms. The second-order valence-corrected chi connectivity index (χ2v) is 7.16. The molecule has 2 N–H and O–H groups in total. The first kappa shape index (κ1) is 18.3. The van der Waals surface area contributed by atoms with E-state index in [9.17, 15) is 8.42 Å². The van der Waals surface area contributed by atoms with Gasteiger partial charge in [-0.05, 0) is 43.3 Å². The molecular weight excluding hydrogens is 348 g/mol. The third-order valence-corrected chi connectivity index (χ3v) is 4.81. The monoisotopic (exact) mass is 366 g/mol. The number of hydrazine groups is 1. The van der Waals surface area contributed by atoms with Gasteiger partial charge >= 0.3 is 0 Å². The number of hydrogen-bond donors (Lipinski definition) is 2. The average molecular weight is 367 g/mol. The Morgan fingerprint density at radius 1 is 1.08 bits per heavy atom. The maximum Gasteiger partial charge on any atom is 0.285 e. The summed E-state index contributed by atoms with van der Waals surface area (Å²) in [6.07, 6.45) is 0. The molecule has 0 unspecified atom stereocenters. The Balaban J connectivity index is 2.37. The van der Waals surface area contributed by atoms with Crippen LogP contribution < -0.4 is 10.7 Å². The number of nitrogens with one attached hydrogen (secondary N) is 2. The van der Waals surface area contributed by atoms with E-state index >= 15 is 0 Å². The molecular formula is C16H19ClN4O2S. The number of sulfonamides is 1. The smallest absolute Gasteiger partial charge is 0.285 e. The number of halogens is 1. The van der Waals surface area contributed by atoms with Crippen molar-refractivity contribution in [3.05, 3.63) is 59.1 Å². The van der Waals surface area contributed by atoms with Gasteiger partial charge in [-0.1, -0.05) is 29.3 Å². The normalized spacial score (nSPS) is 12.1. The van der Waals surface area contributed by atoms with Crippen molar-refractivity contribution in [1.29, 1.82) is 0 Å². The first-order valence-corrected chi connectivity index (χ1v) is 8.99. The van der Waals surface area contributed by atoms with Crippen molar-refractivity contribution in [2.45, 2.75) is 11.8 Å². The van der Waals surface area contributed by atoms with Gasteiger partial charge in [-0.2, -0.15) is 8.42 Å². The minimum atomic E-state index is -3.84. The third kappa shape index (κ3) is 4.70. The van der Waals surface area contributed by atoms with Crippen molar-refractivity contribution in [2.75, 3.05) is 19.4 Å². The standard InChI is InChI=1S/C16H19ClN4O2S/c1-12-4-10-15(11-5-12)24(22,23)20-16(21(3)18-2)19-14-8-6-13(17)7-9-14/h4-11,18H,1-3H3,(H,19,20). The minimum absolute atomic E-state index is 0.132. The van der Waals surface area contributed by atoms with Crippen LogP contribution in [-0.4, -0.2) is 33.5 Å². The zero-order valence-electron chi connectivity index (χ0n) is 13.6. The zero-order valence-corrected chi connectivity index (χ0v) is 15.2. The summed E-state index contributed by atoms with van der Waals surface area (Å²) >= 11 is 5.86. The quantitative estimate of drug-likeness (QED) is 0.494. The van der Waals surface area contributed by atoms with Crippen LogP contribution in [0.5, 0.6) is 0 Å². The molecule has 2 rings (SSSR count). The van der Waals surface area contributed by atoms with Gasteiger partial charge in [-0.25, -0.2) is 5.43 Å². The molecule has 0 aliphatic carbocycles. The lowest BCUT2D eigenvalue weighted by Crippen LogP contribution is -2.41. The number of rotatable bonds is 4. The molecule has 2 aromatic rings. The van der Waals surface area contributed by atoms with E-state index < -0.39 is 10.0 Å². The molecule has 0 aromatic heterocycles. The van der Waals surface area contributed by atoms with E-state index in [-0.39, 0.29) is 10.9 Å². The lowest BCUT2D eigenvalue weighted by Gasteiger charge is -2.20. The number of guanidine groups is 1. The molecule has 0 saturated carbocycles. The van der Waals surface area contributed by atoms with Gasteiger partial charge in [0.25, 0.3) is 10.0 Å². The highest BCUT2D eigenvalue weighted by atomic mass is 35.5. The molecule has 0 atom stereocenters. The van der Waals surface area contributed by atoms with E-state index in [1.54, 1.807) is 50.5 Å². The number of nitrogens with zero attached hydrogens (tertiary/aromatic N) is 2. The van der Waals surface area contributed by atoms with Crippen molar-refractivity contribution in [1.82, 2.24) is 10.4 Å². The molecule has 0 saturated heterocycles. The van der Waals surface area contributed by atoms with E-state index in [0.29, 0.717) is 10.7 Å². The highest BCUT2D eigenvalue weighted by molar-refractivity contribution is 7.90. The minimum Gasteiger partial charge on any atom is -0.324 e. The Labute approximate surface area is 147 Å². The van der Waals surface area contributed by atoms with Crippen LogP contribution in [0.3, 0.4) is 0 Å². The highest BCUT2D eigenvalue weighted by Crippen LogP contribution is 2.16. The summed E-state index contributed by atoms with van der Waals surface area (Å²) in [5, 5.41) is 5.03. The van der Waals surface area contributed by atoms with Crippen LogP contribution in [0, 0.1) is 6.92 Å². The molecule has 24 heavy (non-hydrogen) atoms. The molecule has 128 valence electrons. The molecule has 0 aliphatic rings. The van der Waals surface area contributed by atoms with Gasteiger partial charge in [-0.3, -0.25) is 5.01 Å². The Hall–Kier alpha value is -2.09. The van der Waals surface area contributed by atoms with Crippen LogP contribution in [-0.2, 0) is 10.0 Å². The SMILES string of the molecule is CNN(C)C(=NS(=O)(=O)c1ccc(C)cc1)Nc1ccc(Cl)cc1. The van der Waals surface area contributed by atoms with Crippen LogP contribution >= 0.6 is 11.6 Å². The zero-order chi connectivity index (χ0) is 17.7. The van der Waals surface area contributed by atoms with Crippen molar-refractivity contribution in [3.63, 3.8) is 0 Å². The molecule has 0 fully saturated rings. The van der Waals surface area contributed by atoms with Gasteiger partial charge in [0.15, 0.2) is 0 Å². The van der Waals surface area contributed by atoms with Crippen LogP contribution in [0.4, 0.5) is 5.69 Å². The maximum absolute atomic E-state index is 12.5. The van der Waals surface area contributed by atoms with Crippen LogP contribution in [0.2, 0.25) is 5.02 Å². The summed E-state index contributed by atoms with van der Waals surface area (Å²) in [7, 11) is -0.519. The van der Waals surface area contributed by atoms with E-state index in [1.165, 1.54) is 17.1 Å². The Morgan fingerprint density at radius 2 is 1.67 bits per heavy atom. The molecule has 6 nitrogen and oxygen atoms in total. The van der Waals surface area contributed by atoms with Crippen molar-refractivity contribution in [2.24, 2.45) is 4.40 Å². The molecule has 0 aliphatic heterocycles. The number of anilines is 1. The summed E-state index contributed by atoms with van der Waals surface area (Å²) < 4.78 is 28.9. The highest BCUT2D eigenvalue weighted by Gasteiger charge is 2.16. The number of hydrogen-bond acceptors (Lipinski definition) is 3. The summed E-state index contributed by atoms with van der Waals surface area (Å²) in [6.45, 7) is 1.89. The Kier molecular flexibility index (Phi) is 5.82. The Bertz CT molecular complexity index is 818. The van der Waals surface area contributed by atoms with Gasteiger partial charge in [0.05, 0.1) is 4.90 Å². The average Bonchev–Trinajstić information content (AvgIpc) is 2.55. The number of aryl methyl sites for hydroxylation is 1. The van der Waals surface area contributed by atoms with Gasteiger partial charge in [-0.15, -0.1) is 4.40 Å². The Morgan fingerprint density at radius 3 is 2.21 bits per heavy atom. The predicted octanol–water partition coefficient (Wildman–Crippen LogP) is 2.87. The fourth-order valence-electron chi connectivity index (χ4n) is 1.81. The first-order chi connectivity index (χ1) is 11.3. The van der Waals surface area contributed by atoms with E-state index in [0.717, 1.165) is 5.56 Å². The molecule has 0 radical (unpaired) electrons. The first-order valence-electron chi connectivity index (χ1n) is 7.17. The second kappa shape index (κ2) is 7.65. The molecule has 0 heterocycles. The van der Waals surface area contributed by atoms with Gasteiger partial charge < -0.3 is 5.32 Å². The summed E-state index contributed by atoms with van der Waals surface area (Å²) in [5.74, 6) is 0.139. The molecule has 0 spiro atoms. The van der Waals surface area contributed by atoms with E-state index in [4.69, 9.17) is 11.6 Å². The predicted molar refractivity (Wildman–Crippen MR) is 97.7 cm³/mol. The molecule has 8 heteroatoms. The van der Waals surface area contributed by atoms with E-state index in [1.807, 2.05) is 6.92 Å². The van der Waals surface area contributed by atoms with Crippen molar-refractivity contribution < 1.29 is 8.42 Å². The fourth-order valence-corrected chi connectivity index (χ4v) is 2.92. The van der Waals surface area contributed by atoms with Crippen LogP contribution in [0.25, 0.3) is 0 Å². The second-order valence-electron chi connectivity index (χ2n) is 5.12. The largest absolute Gasteiger partial charge is 0.324 e. The summed E-state index contributed by atoms with van der Waals surface area (Å²) in [4.78, 5) is 0.132. The lowest BCUT2D eigenvalue weighted by atomic mass is 10.2.